The lowest BCUT2D eigenvalue weighted by Crippen LogP contribution is -2.22. The highest BCUT2D eigenvalue weighted by Crippen LogP contribution is 2.19. The second-order valence-electron chi connectivity index (χ2n) is 4.77. The molecule has 5 nitrogen and oxygen atoms in total. The van der Waals surface area contributed by atoms with Gasteiger partial charge < -0.3 is 14.4 Å². The van der Waals surface area contributed by atoms with Crippen molar-refractivity contribution in [1.29, 1.82) is 0 Å². The van der Waals surface area contributed by atoms with Gasteiger partial charge in [-0.05, 0) is 26.2 Å². The second kappa shape index (κ2) is 5.60. The summed E-state index contributed by atoms with van der Waals surface area (Å²) in [4.78, 5) is 4.31. The van der Waals surface area contributed by atoms with E-state index in [2.05, 4.69) is 10.1 Å². The molecule has 1 aromatic heterocycles. The zero-order valence-electron chi connectivity index (χ0n) is 10.4. The Morgan fingerprint density at radius 1 is 1.41 bits per heavy atom. The predicted octanol–water partition coefficient (Wildman–Crippen LogP) is 1.67. The van der Waals surface area contributed by atoms with E-state index < -0.39 is 6.10 Å². The highest BCUT2D eigenvalue weighted by Gasteiger charge is 2.21. The molecule has 5 heteroatoms. The topological polar surface area (TPSA) is 68.4 Å². The molecule has 1 aliphatic heterocycles. The highest BCUT2D eigenvalue weighted by molar-refractivity contribution is 4.95. The van der Waals surface area contributed by atoms with Gasteiger partial charge in [-0.1, -0.05) is 12.1 Å². The Morgan fingerprint density at radius 3 is 2.88 bits per heavy atom. The monoisotopic (exact) mass is 240 g/mol. The third kappa shape index (κ3) is 3.26. The molecule has 17 heavy (non-hydrogen) atoms. The molecule has 1 aromatic rings. The summed E-state index contributed by atoms with van der Waals surface area (Å²) in [6, 6.07) is 0. The fraction of sp³-hybridized carbons (Fsp3) is 0.833. The standard InChI is InChI=1S/C12H20N2O3/c1-8(9(2)15)12-13-11(14-17-12)7-10-5-3-4-6-16-10/h8-10,15H,3-7H2,1-2H3. The summed E-state index contributed by atoms with van der Waals surface area (Å²) >= 11 is 0. The van der Waals surface area contributed by atoms with Gasteiger partial charge in [-0.25, -0.2) is 0 Å². The zero-order valence-corrected chi connectivity index (χ0v) is 10.4. The number of hydrogen-bond acceptors (Lipinski definition) is 5. The van der Waals surface area contributed by atoms with Crippen LogP contribution in [0.1, 0.15) is 50.7 Å². The molecule has 0 amide bonds. The molecule has 2 heterocycles. The fourth-order valence-electron chi connectivity index (χ4n) is 1.91. The molecule has 1 N–H and O–H groups in total. The van der Waals surface area contributed by atoms with E-state index in [1.807, 2.05) is 6.92 Å². The van der Waals surface area contributed by atoms with E-state index in [1.165, 1.54) is 6.42 Å². The van der Waals surface area contributed by atoms with Crippen molar-refractivity contribution in [2.24, 2.45) is 0 Å². The van der Waals surface area contributed by atoms with Crippen LogP contribution in [-0.4, -0.2) is 34.1 Å². The van der Waals surface area contributed by atoms with Crippen LogP contribution in [0.25, 0.3) is 0 Å². The quantitative estimate of drug-likeness (QED) is 0.867. The largest absolute Gasteiger partial charge is 0.393 e. The Morgan fingerprint density at radius 2 is 2.24 bits per heavy atom. The lowest BCUT2D eigenvalue weighted by Gasteiger charge is -2.20. The number of hydrogen-bond donors (Lipinski definition) is 1. The maximum Gasteiger partial charge on any atom is 0.232 e. The van der Waals surface area contributed by atoms with Crippen LogP contribution in [-0.2, 0) is 11.2 Å². The molecule has 2 rings (SSSR count). The van der Waals surface area contributed by atoms with Crippen LogP contribution in [0.2, 0.25) is 0 Å². The first-order valence-corrected chi connectivity index (χ1v) is 6.29. The Labute approximate surface area is 101 Å². The number of rotatable bonds is 4. The molecule has 0 bridgehead atoms. The Balaban J connectivity index is 1.93. The zero-order chi connectivity index (χ0) is 12.3. The van der Waals surface area contributed by atoms with Gasteiger partial charge in [-0.15, -0.1) is 0 Å². The number of nitrogens with zero attached hydrogens (tertiary/aromatic N) is 2. The van der Waals surface area contributed by atoms with Crippen molar-refractivity contribution in [2.45, 2.75) is 57.7 Å². The van der Waals surface area contributed by atoms with Gasteiger partial charge in [0.1, 0.15) is 0 Å². The van der Waals surface area contributed by atoms with Gasteiger partial charge in [0.25, 0.3) is 0 Å². The summed E-state index contributed by atoms with van der Waals surface area (Å²) in [6.45, 7) is 4.43. The molecule has 0 aliphatic carbocycles. The predicted molar refractivity (Wildman–Crippen MR) is 61.7 cm³/mol. The van der Waals surface area contributed by atoms with Crippen LogP contribution in [0, 0.1) is 0 Å². The normalized spacial score (nSPS) is 24.5. The van der Waals surface area contributed by atoms with Crippen molar-refractivity contribution in [3.63, 3.8) is 0 Å². The van der Waals surface area contributed by atoms with E-state index >= 15 is 0 Å². The first-order valence-electron chi connectivity index (χ1n) is 6.29. The molecular formula is C12H20N2O3. The molecule has 0 radical (unpaired) electrons. The highest BCUT2D eigenvalue weighted by atomic mass is 16.5. The Bertz CT molecular complexity index is 345. The first kappa shape index (κ1) is 12.5. The molecular weight excluding hydrogens is 220 g/mol. The van der Waals surface area contributed by atoms with Crippen LogP contribution >= 0.6 is 0 Å². The maximum absolute atomic E-state index is 9.45. The number of aliphatic hydroxyl groups excluding tert-OH is 1. The average molecular weight is 240 g/mol. The van der Waals surface area contributed by atoms with Crippen LogP contribution in [0.15, 0.2) is 4.52 Å². The second-order valence-corrected chi connectivity index (χ2v) is 4.77. The molecule has 1 aliphatic rings. The van der Waals surface area contributed by atoms with Crippen LogP contribution in [0.5, 0.6) is 0 Å². The molecule has 0 aromatic carbocycles. The minimum Gasteiger partial charge on any atom is -0.393 e. The van der Waals surface area contributed by atoms with Crippen molar-refractivity contribution in [3.8, 4) is 0 Å². The summed E-state index contributed by atoms with van der Waals surface area (Å²) in [5.41, 5.74) is 0. The summed E-state index contributed by atoms with van der Waals surface area (Å²) in [6.07, 6.45) is 3.86. The minimum absolute atomic E-state index is 0.122. The van der Waals surface area contributed by atoms with E-state index in [0.717, 1.165) is 19.4 Å². The number of ether oxygens (including phenoxy) is 1. The van der Waals surface area contributed by atoms with Gasteiger partial charge >= 0.3 is 0 Å². The Hall–Kier alpha value is -0.940. The fourth-order valence-corrected chi connectivity index (χ4v) is 1.91. The number of aliphatic hydroxyl groups is 1. The molecule has 96 valence electrons. The van der Waals surface area contributed by atoms with Crippen LogP contribution < -0.4 is 0 Å². The third-order valence-corrected chi connectivity index (χ3v) is 3.28. The molecule has 1 fully saturated rings. The molecule has 3 unspecified atom stereocenters. The van der Waals surface area contributed by atoms with Crippen molar-refractivity contribution in [2.75, 3.05) is 6.61 Å². The van der Waals surface area contributed by atoms with Gasteiger partial charge in [-0.3, -0.25) is 0 Å². The van der Waals surface area contributed by atoms with Gasteiger partial charge in [0, 0.05) is 13.0 Å². The minimum atomic E-state index is -0.478. The number of aromatic nitrogens is 2. The van der Waals surface area contributed by atoms with E-state index in [9.17, 15) is 5.11 Å². The molecule has 1 saturated heterocycles. The van der Waals surface area contributed by atoms with Gasteiger partial charge in [0.15, 0.2) is 5.82 Å². The smallest absolute Gasteiger partial charge is 0.232 e. The SMILES string of the molecule is CC(O)C(C)c1nc(CC2CCCCO2)no1. The van der Waals surface area contributed by atoms with E-state index in [-0.39, 0.29) is 12.0 Å². The average Bonchev–Trinajstić information content (AvgIpc) is 2.77. The molecule has 0 spiro atoms. The summed E-state index contributed by atoms with van der Waals surface area (Å²) < 4.78 is 10.8. The van der Waals surface area contributed by atoms with Gasteiger partial charge in [0.05, 0.1) is 18.1 Å². The Kier molecular flexibility index (Phi) is 4.12. The summed E-state index contributed by atoms with van der Waals surface area (Å²) in [5.74, 6) is 1.06. The van der Waals surface area contributed by atoms with Gasteiger partial charge in [-0.2, -0.15) is 4.98 Å². The third-order valence-electron chi connectivity index (χ3n) is 3.28. The van der Waals surface area contributed by atoms with Gasteiger partial charge in [0.2, 0.25) is 5.89 Å². The summed E-state index contributed by atoms with van der Waals surface area (Å²) in [5, 5.41) is 13.4. The lowest BCUT2D eigenvalue weighted by molar-refractivity contribution is 0.0153. The first-order chi connectivity index (χ1) is 8.16. The van der Waals surface area contributed by atoms with E-state index in [4.69, 9.17) is 9.26 Å². The van der Waals surface area contributed by atoms with Crippen molar-refractivity contribution in [1.82, 2.24) is 10.1 Å². The van der Waals surface area contributed by atoms with Crippen molar-refractivity contribution < 1.29 is 14.4 Å². The van der Waals surface area contributed by atoms with Crippen LogP contribution in [0.3, 0.4) is 0 Å². The van der Waals surface area contributed by atoms with E-state index in [1.54, 1.807) is 6.92 Å². The van der Waals surface area contributed by atoms with Crippen molar-refractivity contribution >= 4 is 0 Å². The van der Waals surface area contributed by atoms with Crippen LogP contribution in [0.4, 0.5) is 0 Å². The lowest BCUT2D eigenvalue weighted by atomic mass is 10.1. The van der Waals surface area contributed by atoms with Crippen molar-refractivity contribution in [3.05, 3.63) is 11.7 Å². The molecule has 3 atom stereocenters. The maximum atomic E-state index is 9.45. The summed E-state index contributed by atoms with van der Waals surface area (Å²) in [7, 11) is 0. The molecule has 0 saturated carbocycles. The van der Waals surface area contributed by atoms with E-state index in [0.29, 0.717) is 18.1 Å².